The molecule has 2 N–H and O–H groups in total. The second kappa shape index (κ2) is 14.0. The van der Waals surface area contributed by atoms with E-state index < -0.39 is 18.0 Å². The molecule has 0 aliphatic heterocycles. The Morgan fingerprint density at radius 2 is 1.77 bits per heavy atom. The molecule has 3 atom stereocenters. The van der Waals surface area contributed by atoms with Crippen LogP contribution in [0.15, 0.2) is 30.3 Å². The van der Waals surface area contributed by atoms with Gasteiger partial charge in [-0.05, 0) is 42.8 Å². The molecule has 7 heteroatoms. The first kappa shape index (κ1) is 25.9. The van der Waals surface area contributed by atoms with E-state index in [0.717, 1.165) is 17.6 Å². The molecular weight excluding hydrogens is 400 g/mol. The average Bonchev–Trinajstić information content (AvgIpc) is 2.70. The third kappa shape index (κ3) is 10.1. The van der Waals surface area contributed by atoms with Crippen molar-refractivity contribution < 1.29 is 19.2 Å². The average molecular weight is 435 g/mol. The Balaban J connectivity index is 2.84. The van der Waals surface area contributed by atoms with Crippen LogP contribution >= 0.6 is 11.8 Å². The Morgan fingerprint density at radius 1 is 1.10 bits per heavy atom. The monoisotopic (exact) mass is 434 g/mol. The smallest absolute Gasteiger partial charge is 0.224 e. The van der Waals surface area contributed by atoms with Crippen LogP contribution in [0, 0.1) is 11.8 Å². The predicted molar refractivity (Wildman–Crippen MR) is 121 cm³/mol. The van der Waals surface area contributed by atoms with Crippen LogP contribution in [0.2, 0.25) is 0 Å². The summed E-state index contributed by atoms with van der Waals surface area (Å²) in [6.07, 6.45) is 4.18. The van der Waals surface area contributed by atoms with Gasteiger partial charge in [-0.2, -0.15) is 11.8 Å². The quantitative estimate of drug-likeness (QED) is 0.439. The number of Topliss-reactive ketones (excluding diaryl/α,β-unsaturated/α-hetero) is 1. The minimum atomic E-state index is -0.646. The summed E-state index contributed by atoms with van der Waals surface area (Å²) >= 11 is 1.60. The highest BCUT2D eigenvalue weighted by molar-refractivity contribution is 7.98. The third-order valence-electron chi connectivity index (χ3n) is 4.74. The lowest BCUT2D eigenvalue weighted by molar-refractivity contribution is -0.132. The third-order valence-corrected chi connectivity index (χ3v) is 5.39. The summed E-state index contributed by atoms with van der Waals surface area (Å²) in [4.78, 5) is 48.8. The maximum Gasteiger partial charge on any atom is 0.224 e. The lowest BCUT2D eigenvalue weighted by Crippen LogP contribution is -2.45. The zero-order valence-electron chi connectivity index (χ0n) is 18.4. The van der Waals surface area contributed by atoms with E-state index in [9.17, 15) is 19.2 Å². The van der Waals surface area contributed by atoms with Gasteiger partial charge in [-0.3, -0.25) is 14.4 Å². The number of benzene rings is 1. The normalized spacial score (nSPS) is 13.9. The summed E-state index contributed by atoms with van der Waals surface area (Å²) in [5.74, 6) is -0.295. The number of aldehydes is 1. The van der Waals surface area contributed by atoms with Crippen molar-refractivity contribution in [2.45, 2.75) is 58.5 Å². The summed E-state index contributed by atoms with van der Waals surface area (Å²) in [7, 11) is 0. The molecule has 1 aromatic carbocycles. The first-order valence-electron chi connectivity index (χ1n) is 10.3. The Labute approximate surface area is 184 Å². The van der Waals surface area contributed by atoms with E-state index in [1.165, 1.54) is 6.92 Å². The Morgan fingerprint density at radius 3 is 2.30 bits per heavy atom. The first-order chi connectivity index (χ1) is 14.3. The molecule has 0 radical (unpaired) electrons. The molecule has 0 aromatic heterocycles. The Kier molecular flexibility index (Phi) is 12.0. The van der Waals surface area contributed by atoms with Gasteiger partial charge in [-0.25, -0.2) is 0 Å². The second-order valence-corrected chi connectivity index (χ2v) is 8.96. The van der Waals surface area contributed by atoms with Crippen molar-refractivity contribution in [2.75, 3.05) is 12.0 Å². The summed E-state index contributed by atoms with van der Waals surface area (Å²) in [6.45, 7) is 5.37. The molecule has 1 rings (SSSR count). The standard InChI is InChI=1S/C23H34N2O4S/c1-16(2)12-19(14-22(28)21(10-11-30-4)24-17(3)27)23(29)25-20(15-26)13-18-8-6-5-7-9-18/h5-9,15-16,19-21H,10-14H2,1-4H3,(H,24,27)(H,25,29)/t19-,20+,21+/m1/s1. The highest BCUT2D eigenvalue weighted by Gasteiger charge is 2.28. The molecule has 0 spiro atoms. The number of carbonyl (C=O) groups is 4. The fraction of sp³-hybridized carbons (Fsp3) is 0.565. The Bertz CT molecular complexity index is 694. The van der Waals surface area contributed by atoms with Gasteiger partial charge in [0, 0.05) is 19.3 Å². The van der Waals surface area contributed by atoms with E-state index in [2.05, 4.69) is 10.6 Å². The number of nitrogens with one attached hydrogen (secondary N) is 2. The molecule has 0 aliphatic rings. The molecule has 0 bridgehead atoms. The van der Waals surface area contributed by atoms with Gasteiger partial charge in [0.25, 0.3) is 0 Å². The maximum absolute atomic E-state index is 12.9. The van der Waals surface area contributed by atoms with Crippen LogP contribution < -0.4 is 10.6 Å². The lowest BCUT2D eigenvalue weighted by Gasteiger charge is -2.23. The van der Waals surface area contributed by atoms with Crippen molar-refractivity contribution in [3.63, 3.8) is 0 Å². The van der Waals surface area contributed by atoms with Crippen LogP contribution in [0.4, 0.5) is 0 Å². The predicted octanol–water partition coefficient (Wildman–Crippen LogP) is 2.79. The van der Waals surface area contributed by atoms with Gasteiger partial charge in [0.15, 0.2) is 5.78 Å². The number of rotatable bonds is 14. The molecule has 6 nitrogen and oxygen atoms in total. The first-order valence-corrected chi connectivity index (χ1v) is 11.7. The summed E-state index contributed by atoms with van der Waals surface area (Å²) in [5.41, 5.74) is 0.953. The molecule has 2 amide bonds. The minimum Gasteiger partial charge on any atom is -0.347 e. The largest absolute Gasteiger partial charge is 0.347 e. The molecule has 0 fully saturated rings. The van der Waals surface area contributed by atoms with E-state index in [0.29, 0.717) is 19.3 Å². The fourth-order valence-electron chi connectivity index (χ4n) is 3.33. The van der Waals surface area contributed by atoms with Crippen LogP contribution in [0.5, 0.6) is 0 Å². The number of carbonyl (C=O) groups excluding carboxylic acids is 4. The zero-order valence-corrected chi connectivity index (χ0v) is 19.2. The summed E-state index contributed by atoms with van der Waals surface area (Å²) in [6, 6.07) is 8.23. The van der Waals surface area contributed by atoms with Crippen LogP contribution in [-0.2, 0) is 25.6 Å². The number of hydrogen-bond acceptors (Lipinski definition) is 5. The molecule has 166 valence electrons. The van der Waals surface area contributed by atoms with Gasteiger partial charge in [0.1, 0.15) is 6.29 Å². The minimum absolute atomic E-state index is 0.0419. The van der Waals surface area contributed by atoms with E-state index in [1.54, 1.807) is 11.8 Å². The Hall–Kier alpha value is -2.15. The van der Waals surface area contributed by atoms with Crippen molar-refractivity contribution >= 4 is 35.6 Å². The van der Waals surface area contributed by atoms with Crippen molar-refractivity contribution in [3.8, 4) is 0 Å². The van der Waals surface area contributed by atoms with Crippen LogP contribution in [-0.4, -0.2) is 48.0 Å². The van der Waals surface area contributed by atoms with Gasteiger partial charge in [0.2, 0.25) is 11.8 Å². The van der Waals surface area contributed by atoms with E-state index >= 15 is 0 Å². The topological polar surface area (TPSA) is 92.3 Å². The zero-order chi connectivity index (χ0) is 22.5. The molecule has 0 aliphatic carbocycles. The number of hydrogen-bond donors (Lipinski definition) is 2. The number of thioether (sulfide) groups is 1. The summed E-state index contributed by atoms with van der Waals surface area (Å²) in [5, 5.41) is 5.51. The number of ketones is 1. The number of amides is 2. The summed E-state index contributed by atoms with van der Waals surface area (Å²) < 4.78 is 0. The molecular formula is C23H34N2O4S. The lowest BCUT2D eigenvalue weighted by atomic mass is 9.89. The van der Waals surface area contributed by atoms with Gasteiger partial charge in [0.05, 0.1) is 12.1 Å². The van der Waals surface area contributed by atoms with E-state index in [1.807, 2.05) is 50.4 Å². The van der Waals surface area contributed by atoms with Crippen molar-refractivity contribution in [1.82, 2.24) is 10.6 Å². The van der Waals surface area contributed by atoms with Crippen molar-refractivity contribution in [1.29, 1.82) is 0 Å². The van der Waals surface area contributed by atoms with Gasteiger partial charge < -0.3 is 15.4 Å². The van der Waals surface area contributed by atoms with Gasteiger partial charge >= 0.3 is 0 Å². The highest BCUT2D eigenvalue weighted by Crippen LogP contribution is 2.19. The van der Waals surface area contributed by atoms with Crippen LogP contribution in [0.25, 0.3) is 0 Å². The molecule has 30 heavy (non-hydrogen) atoms. The van der Waals surface area contributed by atoms with E-state index in [-0.39, 0.29) is 29.9 Å². The molecule has 0 saturated heterocycles. The van der Waals surface area contributed by atoms with Crippen LogP contribution in [0.3, 0.4) is 0 Å². The van der Waals surface area contributed by atoms with E-state index in [4.69, 9.17) is 0 Å². The fourth-order valence-corrected chi connectivity index (χ4v) is 3.81. The second-order valence-electron chi connectivity index (χ2n) is 7.97. The molecule has 0 heterocycles. The van der Waals surface area contributed by atoms with Crippen molar-refractivity contribution in [2.24, 2.45) is 11.8 Å². The molecule has 0 unspecified atom stereocenters. The molecule has 1 aromatic rings. The highest BCUT2D eigenvalue weighted by atomic mass is 32.2. The molecule has 0 saturated carbocycles. The van der Waals surface area contributed by atoms with Gasteiger partial charge in [-0.1, -0.05) is 44.2 Å². The van der Waals surface area contributed by atoms with Crippen molar-refractivity contribution in [3.05, 3.63) is 35.9 Å². The SMILES string of the molecule is CSCC[C@H](NC(C)=O)C(=O)C[C@@H](CC(C)C)C(=O)N[C@H](C=O)Cc1ccccc1. The van der Waals surface area contributed by atoms with Gasteiger partial charge in [-0.15, -0.1) is 0 Å². The van der Waals surface area contributed by atoms with Crippen LogP contribution in [0.1, 0.15) is 45.6 Å². The maximum atomic E-state index is 12.9.